The highest BCUT2D eigenvalue weighted by atomic mass is 79.9. The average molecular weight is 361 g/mol. The molecular weight excluding hydrogens is 344 g/mol. The molecule has 2 N–H and O–H groups in total. The largest absolute Gasteiger partial charge is 0.494 e. The van der Waals surface area contributed by atoms with Crippen molar-refractivity contribution >= 4 is 27.5 Å². The van der Waals surface area contributed by atoms with Crippen molar-refractivity contribution < 1.29 is 9.53 Å². The zero-order valence-corrected chi connectivity index (χ0v) is 13.8. The first-order valence-corrected chi connectivity index (χ1v) is 7.98. The fraction of sp³-hybridized carbons (Fsp3) is 0.235. The normalized spacial score (nSPS) is 20.7. The monoisotopic (exact) mass is 360 g/mol. The zero-order chi connectivity index (χ0) is 15.7. The van der Waals surface area contributed by atoms with Gasteiger partial charge in [-0.3, -0.25) is 4.79 Å². The first-order valence-electron chi connectivity index (χ1n) is 7.19. The highest BCUT2D eigenvalue weighted by Gasteiger charge is 2.46. The topological polar surface area (TPSA) is 55.6 Å². The van der Waals surface area contributed by atoms with Gasteiger partial charge in [0.05, 0.1) is 12.6 Å². The predicted molar refractivity (Wildman–Crippen MR) is 90.0 cm³/mol. The fourth-order valence-electron chi connectivity index (χ4n) is 2.69. The summed E-state index contributed by atoms with van der Waals surface area (Å²) in [5.41, 5.74) is 7.88. The fourth-order valence-corrected chi connectivity index (χ4v) is 2.95. The van der Waals surface area contributed by atoms with Gasteiger partial charge in [0.1, 0.15) is 11.8 Å². The molecule has 2 aromatic carbocycles. The molecule has 1 saturated heterocycles. The van der Waals surface area contributed by atoms with E-state index in [1.165, 1.54) is 0 Å². The summed E-state index contributed by atoms with van der Waals surface area (Å²) in [6, 6.07) is 14.8. The van der Waals surface area contributed by atoms with Crippen molar-refractivity contribution in [3.8, 4) is 5.75 Å². The van der Waals surface area contributed by atoms with Crippen LogP contribution in [0.3, 0.4) is 0 Å². The Morgan fingerprint density at radius 2 is 1.77 bits per heavy atom. The van der Waals surface area contributed by atoms with Crippen LogP contribution < -0.4 is 15.4 Å². The van der Waals surface area contributed by atoms with Crippen LogP contribution in [0.4, 0.5) is 5.69 Å². The van der Waals surface area contributed by atoms with Gasteiger partial charge in [0.2, 0.25) is 5.91 Å². The smallest absolute Gasteiger partial charge is 0.247 e. The lowest BCUT2D eigenvalue weighted by Gasteiger charge is -2.45. The van der Waals surface area contributed by atoms with Crippen molar-refractivity contribution in [1.29, 1.82) is 0 Å². The number of halogens is 1. The summed E-state index contributed by atoms with van der Waals surface area (Å²) in [5.74, 6) is 0.737. The lowest BCUT2D eigenvalue weighted by atomic mass is 9.88. The van der Waals surface area contributed by atoms with Crippen molar-refractivity contribution in [2.75, 3.05) is 11.5 Å². The number of carbonyl (C=O) groups is 1. The van der Waals surface area contributed by atoms with Gasteiger partial charge >= 0.3 is 0 Å². The molecule has 5 heteroatoms. The SMILES string of the molecule is CCOc1ccc(N2C(=O)[C@H](N)[C@H]2c2ccc(Br)cc2)cc1. The third-order valence-corrected chi connectivity index (χ3v) is 4.31. The van der Waals surface area contributed by atoms with Gasteiger partial charge in [-0.15, -0.1) is 0 Å². The average Bonchev–Trinajstić information content (AvgIpc) is 2.54. The molecule has 1 heterocycles. The minimum absolute atomic E-state index is 0.0583. The number of hydrogen-bond acceptors (Lipinski definition) is 3. The second kappa shape index (κ2) is 6.10. The molecule has 114 valence electrons. The van der Waals surface area contributed by atoms with Gasteiger partial charge in [0.15, 0.2) is 0 Å². The summed E-state index contributed by atoms with van der Waals surface area (Å²) in [6.07, 6.45) is 0. The quantitative estimate of drug-likeness (QED) is 0.851. The maximum atomic E-state index is 12.2. The van der Waals surface area contributed by atoms with E-state index in [1.54, 1.807) is 4.90 Å². The molecule has 2 aromatic rings. The van der Waals surface area contributed by atoms with Gasteiger partial charge in [-0.05, 0) is 48.9 Å². The van der Waals surface area contributed by atoms with Crippen molar-refractivity contribution in [3.05, 3.63) is 58.6 Å². The molecule has 0 aromatic heterocycles. The second-order valence-electron chi connectivity index (χ2n) is 5.16. The zero-order valence-electron chi connectivity index (χ0n) is 12.2. The molecule has 1 aliphatic rings. The van der Waals surface area contributed by atoms with Crippen LogP contribution in [-0.4, -0.2) is 18.6 Å². The van der Waals surface area contributed by atoms with E-state index in [9.17, 15) is 4.79 Å². The number of nitrogens with two attached hydrogens (primary N) is 1. The van der Waals surface area contributed by atoms with Gasteiger partial charge in [-0.25, -0.2) is 0 Å². The number of hydrogen-bond donors (Lipinski definition) is 1. The molecule has 0 bridgehead atoms. The molecule has 22 heavy (non-hydrogen) atoms. The van der Waals surface area contributed by atoms with Gasteiger partial charge < -0.3 is 15.4 Å². The Hall–Kier alpha value is -1.85. The van der Waals surface area contributed by atoms with E-state index < -0.39 is 6.04 Å². The Bertz CT molecular complexity index is 670. The number of rotatable bonds is 4. The Labute approximate surface area is 138 Å². The number of amides is 1. The van der Waals surface area contributed by atoms with Crippen LogP contribution in [0.15, 0.2) is 53.0 Å². The molecular formula is C17H17BrN2O2. The minimum atomic E-state index is -0.493. The Morgan fingerprint density at radius 3 is 2.36 bits per heavy atom. The van der Waals surface area contributed by atoms with Crippen molar-refractivity contribution in [1.82, 2.24) is 0 Å². The number of benzene rings is 2. The van der Waals surface area contributed by atoms with Crippen molar-refractivity contribution in [2.45, 2.75) is 19.0 Å². The van der Waals surface area contributed by atoms with Crippen LogP contribution in [0.1, 0.15) is 18.5 Å². The lowest BCUT2D eigenvalue weighted by molar-refractivity contribution is -0.126. The van der Waals surface area contributed by atoms with Gasteiger partial charge in [0.25, 0.3) is 0 Å². The summed E-state index contributed by atoms with van der Waals surface area (Å²) in [5, 5.41) is 0. The van der Waals surface area contributed by atoms with E-state index in [2.05, 4.69) is 15.9 Å². The van der Waals surface area contributed by atoms with E-state index in [4.69, 9.17) is 10.5 Å². The number of nitrogens with zero attached hydrogens (tertiary/aromatic N) is 1. The molecule has 1 fully saturated rings. The molecule has 0 unspecified atom stereocenters. The molecule has 1 aliphatic heterocycles. The predicted octanol–water partition coefficient (Wildman–Crippen LogP) is 3.26. The Kier molecular flexibility index (Phi) is 4.18. The standard InChI is InChI=1S/C17H17BrN2O2/c1-2-22-14-9-7-13(8-10-14)20-16(15(19)17(20)21)11-3-5-12(18)6-4-11/h3-10,15-16H,2,19H2,1H3/t15-,16-/m1/s1. The first kappa shape index (κ1) is 15.1. The van der Waals surface area contributed by atoms with Crippen LogP contribution in [0, 0.1) is 0 Å². The lowest BCUT2D eigenvalue weighted by Crippen LogP contribution is -2.63. The van der Waals surface area contributed by atoms with E-state index >= 15 is 0 Å². The van der Waals surface area contributed by atoms with Crippen LogP contribution in [-0.2, 0) is 4.79 Å². The summed E-state index contributed by atoms with van der Waals surface area (Å²) >= 11 is 3.42. The van der Waals surface area contributed by atoms with Gasteiger partial charge in [-0.1, -0.05) is 28.1 Å². The Morgan fingerprint density at radius 1 is 1.14 bits per heavy atom. The molecule has 1 amide bonds. The van der Waals surface area contributed by atoms with E-state index in [0.717, 1.165) is 21.5 Å². The van der Waals surface area contributed by atoms with Crippen molar-refractivity contribution in [3.63, 3.8) is 0 Å². The first-order chi connectivity index (χ1) is 10.6. The molecule has 0 radical (unpaired) electrons. The summed E-state index contributed by atoms with van der Waals surface area (Å²) in [7, 11) is 0. The van der Waals surface area contributed by atoms with Crippen LogP contribution in [0.25, 0.3) is 0 Å². The van der Waals surface area contributed by atoms with E-state index in [1.807, 2.05) is 55.5 Å². The Balaban J connectivity index is 1.87. The van der Waals surface area contributed by atoms with Crippen LogP contribution in [0.2, 0.25) is 0 Å². The summed E-state index contributed by atoms with van der Waals surface area (Å²) in [4.78, 5) is 13.9. The summed E-state index contributed by atoms with van der Waals surface area (Å²) < 4.78 is 6.43. The number of carbonyl (C=O) groups excluding carboxylic acids is 1. The highest BCUT2D eigenvalue weighted by Crippen LogP contribution is 2.38. The number of β-lactam (4-membered cyclic amide) rings is 1. The minimum Gasteiger partial charge on any atom is -0.494 e. The molecule has 0 spiro atoms. The maximum absolute atomic E-state index is 12.2. The van der Waals surface area contributed by atoms with Crippen LogP contribution >= 0.6 is 15.9 Å². The van der Waals surface area contributed by atoms with Gasteiger partial charge in [-0.2, -0.15) is 0 Å². The van der Waals surface area contributed by atoms with E-state index in [0.29, 0.717) is 6.61 Å². The highest BCUT2D eigenvalue weighted by molar-refractivity contribution is 9.10. The molecule has 2 atom stereocenters. The van der Waals surface area contributed by atoms with Crippen molar-refractivity contribution in [2.24, 2.45) is 5.73 Å². The van der Waals surface area contributed by atoms with Crippen LogP contribution in [0.5, 0.6) is 5.75 Å². The molecule has 4 nitrogen and oxygen atoms in total. The van der Waals surface area contributed by atoms with Gasteiger partial charge in [0, 0.05) is 10.2 Å². The maximum Gasteiger partial charge on any atom is 0.247 e. The molecule has 0 saturated carbocycles. The van der Waals surface area contributed by atoms with E-state index in [-0.39, 0.29) is 11.9 Å². The number of ether oxygens (including phenoxy) is 1. The molecule has 3 rings (SSSR count). The molecule has 0 aliphatic carbocycles. The second-order valence-corrected chi connectivity index (χ2v) is 6.07. The third kappa shape index (κ3) is 2.62. The third-order valence-electron chi connectivity index (χ3n) is 3.78. The number of anilines is 1. The summed E-state index contributed by atoms with van der Waals surface area (Å²) in [6.45, 7) is 2.56.